The SMILES string of the molecule is Cc1ccc(S(=O)(=O)NCCc2ccc(C(=O)CN3CCN(c4ccncc4)CC3)cc2)cc1. The predicted molar refractivity (Wildman–Crippen MR) is 134 cm³/mol. The molecule has 1 aliphatic rings. The van der Waals surface area contributed by atoms with Gasteiger partial charge in [0.1, 0.15) is 0 Å². The maximum atomic E-state index is 12.7. The molecule has 0 aliphatic carbocycles. The summed E-state index contributed by atoms with van der Waals surface area (Å²) < 4.78 is 27.4. The van der Waals surface area contributed by atoms with Crippen LogP contribution in [0.25, 0.3) is 0 Å². The zero-order valence-corrected chi connectivity index (χ0v) is 20.2. The number of Topliss-reactive ketones (excluding diaryl/α,β-unsaturated/α-hetero) is 1. The number of aryl methyl sites for hydroxylation is 1. The Morgan fingerprint density at radius 2 is 1.56 bits per heavy atom. The molecular formula is C26H30N4O3S. The topological polar surface area (TPSA) is 82.6 Å². The minimum atomic E-state index is -3.52. The molecule has 1 aromatic heterocycles. The van der Waals surface area contributed by atoms with Crippen molar-refractivity contribution in [1.82, 2.24) is 14.6 Å². The zero-order chi connectivity index (χ0) is 24.0. The monoisotopic (exact) mass is 478 g/mol. The summed E-state index contributed by atoms with van der Waals surface area (Å²) in [5.41, 5.74) is 3.84. The Hall–Kier alpha value is -3.07. The van der Waals surface area contributed by atoms with Gasteiger partial charge in [0.25, 0.3) is 0 Å². The number of sulfonamides is 1. The van der Waals surface area contributed by atoms with Crippen LogP contribution in [0.2, 0.25) is 0 Å². The Labute approximate surface area is 201 Å². The quantitative estimate of drug-likeness (QED) is 0.476. The van der Waals surface area contributed by atoms with Gasteiger partial charge in [-0.1, -0.05) is 42.0 Å². The average Bonchev–Trinajstić information content (AvgIpc) is 2.85. The van der Waals surface area contributed by atoms with Crippen LogP contribution in [-0.4, -0.2) is 63.4 Å². The number of nitrogens with zero attached hydrogens (tertiary/aromatic N) is 3. The molecule has 7 nitrogen and oxygen atoms in total. The number of nitrogens with one attached hydrogen (secondary N) is 1. The number of hydrogen-bond donors (Lipinski definition) is 1. The molecule has 0 saturated carbocycles. The van der Waals surface area contributed by atoms with Crippen LogP contribution in [0.3, 0.4) is 0 Å². The molecular weight excluding hydrogens is 448 g/mol. The standard InChI is InChI=1S/C26H30N4O3S/c1-21-2-8-25(9-3-21)34(32,33)28-15-10-22-4-6-23(7-5-22)26(31)20-29-16-18-30(19-17-29)24-11-13-27-14-12-24/h2-9,11-14,28H,10,15-20H2,1H3. The third-order valence-corrected chi connectivity index (χ3v) is 7.56. The van der Waals surface area contributed by atoms with Crippen molar-refractivity contribution in [2.75, 3.05) is 44.2 Å². The molecule has 0 bridgehead atoms. The molecule has 2 heterocycles. The molecule has 1 N–H and O–H groups in total. The van der Waals surface area contributed by atoms with Gasteiger partial charge < -0.3 is 4.90 Å². The second-order valence-electron chi connectivity index (χ2n) is 8.55. The molecule has 2 aromatic carbocycles. The summed E-state index contributed by atoms with van der Waals surface area (Å²) in [5.74, 6) is 0.101. The number of carbonyl (C=O) groups excluding carboxylic acids is 1. The van der Waals surface area contributed by atoms with Crippen LogP contribution in [0.4, 0.5) is 5.69 Å². The van der Waals surface area contributed by atoms with E-state index in [1.165, 1.54) is 0 Å². The van der Waals surface area contributed by atoms with Crippen LogP contribution >= 0.6 is 0 Å². The van der Waals surface area contributed by atoms with Crippen LogP contribution in [0, 0.1) is 6.92 Å². The van der Waals surface area contributed by atoms with Crippen LogP contribution < -0.4 is 9.62 Å². The van der Waals surface area contributed by atoms with Gasteiger partial charge in [-0.25, -0.2) is 13.1 Å². The van der Waals surface area contributed by atoms with Crippen LogP contribution in [-0.2, 0) is 16.4 Å². The second-order valence-corrected chi connectivity index (χ2v) is 10.3. The van der Waals surface area contributed by atoms with E-state index in [0.29, 0.717) is 25.1 Å². The van der Waals surface area contributed by atoms with Crippen LogP contribution in [0.1, 0.15) is 21.5 Å². The molecule has 178 valence electrons. The van der Waals surface area contributed by atoms with Crippen molar-refractivity contribution in [1.29, 1.82) is 0 Å². The van der Waals surface area contributed by atoms with Gasteiger partial charge in [-0.2, -0.15) is 0 Å². The first kappa shape index (κ1) is 24.1. The summed E-state index contributed by atoms with van der Waals surface area (Å²) in [6.45, 7) is 6.07. The minimum Gasteiger partial charge on any atom is -0.369 e. The zero-order valence-electron chi connectivity index (χ0n) is 19.4. The van der Waals surface area contributed by atoms with E-state index in [1.54, 1.807) is 36.7 Å². The Bertz CT molecular complexity index is 1190. The van der Waals surface area contributed by atoms with Gasteiger partial charge in [0.05, 0.1) is 11.4 Å². The number of benzene rings is 2. The van der Waals surface area contributed by atoms with Gasteiger partial charge in [0.2, 0.25) is 10.0 Å². The third kappa shape index (κ3) is 6.28. The fourth-order valence-electron chi connectivity index (χ4n) is 4.00. The van der Waals surface area contributed by atoms with Gasteiger partial charge >= 0.3 is 0 Å². The number of pyridine rings is 1. The van der Waals surface area contributed by atoms with Crippen molar-refractivity contribution in [3.8, 4) is 0 Å². The molecule has 0 radical (unpaired) electrons. The molecule has 0 atom stereocenters. The lowest BCUT2D eigenvalue weighted by atomic mass is 10.1. The highest BCUT2D eigenvalue weighted by molar-refractivity contribution is 7.89. The Balaban J connectivity index is 1.23. The van der Waals surface area contributed by atoms with Gasteiger partial charge in [-0.15, -0.1) is 0 Å². The molecule has 1 fully saturated rings. The van der Waals surface area contributed by atoms with E-state index < -0.39 is 10.0 Å². The number of aromatic nitrogens is 1. The number of carbonyl (C=O) groups is 1. The molecule has 1 aliphatic heterocycles. The Morgan fingerprint density at radius 3 is 2.21 bits per heavy atom. The summed E-state index contributed by atoms with van der Waals surface area (Å²) in [6.07, 6.45) is 4.15. The summed E-state index contributed by atoms with van der Waals surface area (Å²) in [4.78, 5) is 21.6. The number of ketones is 1. The molecule has 0 spiro atoms. The molecule has 4 rings (SSSR count). The molecule has 3 aromatic rings. The van der Waals surface area contributed by atoms with E-state index >= 15 is 0 Å². The van der Waals surface area contributed by atoms with Crippen molar-refractivity contribution >= 4 is 21.5 Å². The van der Waals surface area contributed by atoms with E-state index in [2.05, 4.69) is 19.5 Å². The van der Waals surface area contributed by atoms with Gasteiger partial charge in [-0.05, 0) is 43.2 Å². The normalized spacial score (nSPS) is 14.8. The average molecular weight is 479 g/mol. The molecule has 8 heteroatoms. The second kappa shape index (κ2) is 10.9. The predicted octanol–water partition coefficient (Wildman–Crippen LogP) is 2.92. The highest BCUT2D eigenvalue weighted by Crippen LogP contribution is 2.15. The lowest BCUT2D eigenvalue weighted by Gasteiger charge is -2.35. The highest BCUT2D eigenvalue weighted by Gasteiger charge is 2.20. The first-order valence-electron chi connectivity index (χ1n) is 11.5. The highest BCUT2D eigenvalue weighted by atomic mass is 32.2. The van der Waals surface area contributed by atoms with E-state index in [9.17, 15) is 13.2 Å². The lowest BCUT2D eigenvalue weighted by Crippen LogP contribution is -2.48. The fraction of sp³-hybridized carbons (Fsp3) is 0.308. The number of rotatable bonds is 9. The van der Waals surface area contributed by atoms with E-state index in [-0.39, 0.29) is 10.7 Å². The Morgan fingerprint density at radius 1 is 0.912 bits per heavy atom. The largest absolute Gasteiger partial charge is 0.369 e. The van der Waals surface area contributed by atoms with Crippen LogP contribution in [0.5, 0.6) is 0 Å². The van der Waals surface area contributed by atoms with E-state index in [1.807, 2.05) is 43.3 Å². The van der Waals surface area contributed by atoms with Crippen molar-refractivity contribution in [3.05, 3.63) is 89.7 Å². The molecule has 0 unspecified atom stereocenters. The maximum Gasteiger partial charge on any atom is 0.240 e. The van der Waals surface area contributed by atoms with Crippen LogP contribution in [0.15, 0.2) is 78.0 Å². The van der Waals surface area contributed by atoms with Crippen molar-refractivity contribution < 1.29 is 13.2 Å². The molecule has 1 saturated heterocycles. The third-order valence-electron chi connectivity index (χ3n) is 6.08. The summed E-state index contributed by atoms with van der Waals surface area (Å²) in [6, 6.07) is 18.3. The number of piperazine rings is 1. The van der Waals surface area contributed by atoms with E-state index in [0.717, 1.165) is 43.0 Å². The van der Waals surface area contributed by atoms with E-state index in [4.69, 9.17) is 0 Å². The number of anilines is 1. The lowest BCUT2D eigenvalue weighted by molar-refractivity contribution is 0.0926. The summed E-state index contributed by atoms with van der Waals surface area (Å²) in [7, 11) is -3.52. The van der Waals surface area contributed by atoms with Crippen molar-refractivity contribution in [2.24, 2.45) is 0 Å². The van der Waals surface area contributed by atoms with Gasteiger partial charge in [0, 0.05) is 56.4 Å². The van der Waals surface area contributed by atoms with Gasteiger partial charge in [0.15, 0.2) is 5.78 Å². The molecule has 0 amide bonds. The van der Waals surface area contributed by atoms with Crippen molar-refractivity contribution in [3.63, 3.8) is 0 Å². The summed E-state index contributed by atoms with van der Waals surface area (Å²) >= 11 is 0. The van der Waals surface area contributed by atoms with Gasteiger partial charge in [-0.3, -0.25) is 14.7 Å². The van der Waals surface area contributed by atoms with Crippen molar-refractivity contribution in [2.45, 2.75) is 18.2 Å². The first-order valence-corrected chi connectivity index (χ1v) is 12.9. The Kier molecular flexibility index (Phi) is 7.72. The minimum absolute atomic E-state index is 0.101. The maximum absolute atomic E-state index is 12.7. The first-order chi connectivity index (χ1) is 16.4. The number of hydrogen-bond acceptors (Lipinski definition) is 6. The smallest absolute Gasteiger partial charge is 0.240 e. The fourth-order valence-corrected chi connectivity index (χ4v) is 5.03. The molecule has 34 heavy (non-hydrogen) atoms. The summed E-state index contributed by atoms with van der Waals surface area (Å²) in [5, 5.41) is 0.